The third-order valence-corrected chi connectivity index (χ3v) is 1.83. The van der Waals surface area contributed by atoms with Crippen LogP contribution in [0.5, 0.6) is 0 Å². The molecule has 0 amide bonds. The van der Waals surface area contributed by atoms with E-state index in [0.29, 0.717) is 0 Å². The van der Waals surface area contributed by atoms with Crippen molar-refractivity contribution >= 4 is 35.4 Å². The first-order chi connectivity index (χ1) is 10.2. The topological polar surface area (TPSA) is 161 Å². The molecule has 0 unspecified atom stereocenters. The Kier molecular flexibility index (Phi) is 15.8. The highest BCUT2D eigenvalue weighted by Crippen LogP contribution is 2.02. The maximum absolute atomic E-state index is 10.5. The van der Waals surface area contributed by atoms with Crippen molar-refractivity contribution in [2.75, 3.05) is 14.2 Å². The van der Waals surface area contributed by atoms with E-state index in [0.717, 1.165) is 14.2 Å². The third-order valence-electron chi connectivity index (χ3n) is 1.83. The summed E-state index contributed by atoms with van der Waals surface area (Å²) in [7, 11) is 2.14. The maximum Gasteiger partial charge on any atom is 0.320 e. The monoisotopic (exact) mass is 336 g/mol. The molecule has 0 aromatic heterocycles. The van der Waals surface area contributed by atoms with Crippen LogP contribution in [0.3, 0.4) is 0 Å². The fraction of sp³-hybridized carbons (Fsp3) is 0.538. The average Bonchev–Trinajstić information content (AvgIpc) is 2.38. The highest BCUT2D eigenvalue weighted by Gasteiger charge is 2.23. The van der Waals surface area contributed by atoms with Crippen LogP contribution in [0.25, 0.3) is 0 Å². The first kappa shape index (κ1) is 25.3. The van der Waals surface area contributed by atoms with Crippen LogP contribution in [0.2, 0.25) is 0 Å². The van der Waals surface area contributed by atoms with Gasteiger partial charge in [-0.3, -0.25) is 28.8 Å². The zero-order chi connectivity index (χ0) is 17.7. The molecule has 0 spiro atoms. The molecule has 23 heavy (non-hydrogen) atoms. The number of ketones is 2. The Morgan fingerprint density at radius 1 is 1.04 bits per heavy atom. The zero-order valence-electron chi connectivity index (χ0n) is 12.0. The van der Waals surface area contributed by atoms with Crippen molar-refractivity contribution in [1.29, 1.82) is 0 Å². The van der Waals surface area contributed by atoms with Crippen molar-refractivity contribution in [1.82, 2.24) is 0 Å². The number of methoxy groups -OCH3 is 1. The number of aliphatic hydroxyl groups excluding tert-OH is 1. The second kappa shape index (κ2) is 14.3. The lowest BCUT2D eigenvalue weighted by atomic mass is 10.2. The van der Waals surface area contributed by atoms with Crippen molar-refractivity contribution in [3.63, 3.8) is 0 Å². The highest BCUT2D eigenvalue weighted by molar-refractivity contribution is 6.11. The molecule has 1 aliphatic rings. The third kappa shape index (κ3) is 15.6. The number of rotatable bonds is 4. The van der Waals surface area contributed by atoms with Crippen molar-refractivity contribution < 1.29 is 48.5 Å². The molecular weight excluding hydrogens is 316 g/mol. The zero-order valence-corrected chi connectivity index (χ0v) is 12.0. The van der Waals surface area contributed by atoms with E-state index in [1.165, 1.54) is 0 Å². The van der Waals surface area contributed by atoms with Gasteiger partial charge in [-0.05, 0) is 0 Å². The van der Waals surface area contributed by atoms with Crippen LogP contribution in [0.4, 0.5) is 0 Å². The predicted octanol–water partition coefficient (Wildman–Crippen LogP) is -0.743. The Morgan fingerprint density at radius 3 is 1.78 bits per heavy atom. The van der Waals surface area contributed by atoms with Crippen LogP contribution in [0.15, 0.2) is 0 Å². The number of carboxylic acid groups (broad SMARTS) is 1. The van der Waals surface area contributed by atoms with Gasteiger partial charge in [0.2, 0.25) is 0 Å². The van der Waals surface area contributed by atoms with E-state index in [4.69, 9.17) is 10.2 Å². The van der Waals surface area contributed by atoms with Gasteiger partial charge in [0.15, 0.2) is 11.6 Å². The average molecular weight is 336 g/mol. The van der Waals surface area contributed by atoms with E-state index in [2.05, 4.69) is 9.47 Å². The number of aliphatic hydroxyl groups is 1. The van der Waals surface area contributed by atoms with Gasteiger partial charge in [0.1, 0.15) is 25.7 Å². The molecule has 0 bridgehead atoms. The molecule has 2 N–H and O–H groups in total. The number of carboxylic acids is 1. The van der Waals surface area contributed by atoms with Gasteiger partial charge in [0.05, 0.1) is 7.11 Å². The summed E-state index contributed by atoms with van der Waals surface area (Å²) in [6.07, 6.45) is -1.62. The van der Waals surface area contributed by atoms with E-state index in [1.54, 1.807) is 0 Å². The lowest BCUT2D eigenvalue weighted by molar-refractivity contribution is -0.165. The molecule has 0 saturated carbocycles. The number of carbonyl (C=O) groups is 6. The molecule has 1 saturated heterocycles. The van der Waals surface area contributed by atoms with Crippen molar-refractivity contribution in [2.24, 2.45) is 0 Å². The molecule has 0 radical (unpaired) electrons. The first-order valence-corrected chi connectivity index (χ1v) is 5.74. The van der Waals surface area contributed by atoms with Gasteiger partial charge in [0, 0.05) is 7.11 Å². The summed E-state index contributed by atoms with van der Waals surface area (Å²) in [6.45, 7) is 0. The van der Waals surface area contributed by atoms with E-state index in [9.17, 15) is 28.8 Å². The Hall–Kier alpha value is -2.62. The number of Topliss-reactive ketones (excluding diaryl/α,β-unsaturated/α-hetero) is 2. The molecule has 1 aliphatic heterocycles. The van der Waals surface area contributed by atoms with E-state index < -0.39 is 42.5 Å². The second-order valence-electron chi connectivity index (χ2n) is 3.60. The molecule has 0 aromatic rings. The van der Waals surface area contributed by atoms with Gasteiger partial charge in [-0.25, -0.2) is 0 Å². The Morgan fingerprint density at radius 2 is 1.48 bits per heavy atom. The highest BCUT2D eigenvalue weighted by atomic mass is 16.6. The predicted molar refractivity (Wildman–Crippen MR) is 74.1 cm³/mol. The summed E-state index contributed by atoms with van der Waals surface area (Å²) < 4.78 is 8.21. The van der Waals surface area contributed by atoms with Crippen LogP contribution in [-0.2, 0) is 38.2 Å². The molecule has 1 fully saturated rings. The van der Waals surface area contributed by atoms with Crippen molar-refractivity contribution in [3.05, 3.63) is 0 Å². The molecule has 10 nitrogen and oxygen atoms in total. The number of esters is 3. The summed E-state index contributed by atoms with van der Waals surface area (Å²) in [5, 5.41) is 15.1. The molecule has 0 aromatic carbocycles. The summed E-state index contributed by atoms with van der Waals surface area (Å²) in [6, 6.07) is 0. The van der Waals surface area contributed by atoms with Gasteiger partial charge < -0.3 is 19.7 Å². The number of aliphatic carboxylic acids is 1. The van der Waals surface area contributed by atoms with Crippen LogP contribution in [0.1, 0.15) is 33.1 Å². The summed E-state index contributed by atoms with van der Waals surface area (Å²) in [5.41, 5.74) is 0. The SMILES string of the molecule is C.CO.COC(=O)CC(=O)CC(=O)O.O=C1CC(=O)OC(=O)C1. The van der Waals surface area contributed by atoms with Gasteiger partial charge in [-0.15, -0.1) is 0 Å². The Bertz CT molecular complexity index is 406. The van der Waals surface area contributed by atoms with Crippen LogP contribution in [0, 0.1) is 0 Å². The fourth-order valence-electron chi connectivity index (χ4n) is 1.05. The molecular formula is C13H20O10. The number of ether oxygens (including phenoxy) is 2. The van der Waals surface area contributed by atoms with E-state index in [-0.39, 0.29) is 26.1 Å². The minimum atomic E-state index is -1.24. The number of hydrogen-bond acceptors (Lipinski definition) is 9. The van der Waals surface area contributed by atoms with Gasteiger partial charge >= 0.3 is 23.9 Å². The molecule has 10 heteroatoms. The number of hydrogen-bond donors (Lipinski definition) is 2. The quantitative estimate of drug-likeness (QED) is 0.493. The van der Waals surface area contributed by atoms with Crippen molar-refractivity contribution in [3.8, 4) is 0 Å². The van der Waals surface area contributed by atoms with Crippen LogP contribution in [-0.4, -0.2) is 59.9 Å². The largest absolute Gasteiger partial charge is 0.481 e. The van der Waals surface area contributed by atoms with Gasteiger partial charge in [0.25, 0.3) is 0 Å². The van der Waals surface area contributed by atoms with E-state index in [1.807, 2.05) is 0 Å². The molecule has 1 heterocycles. The van der Waals surface area contributed by atoms with Gasteiger partial charge in [-0.1, -0.05) is 7.43 Å². The Labute approximate surface area is 132 Å². The molecule has 0 atom stereocenters. The van der Waals surface area contributed by atoms with Gasteiger partial charge in [-0.2, -0.15) is 0 Å². The summed E-state index contributed by atoms with van der Waals surface area (Å²) >= 11 is 0. The lowest BCUT2D eigenvalue weighted by Crippen LogP contribution is -2.24. The first-order valence-electron chi connectivity index (χ1n) is 5.74. The Balaban J connectivity index is -0.000000305. The number of cyclic esters (lactones) is 2. The normalized spacial score (nSPS) is 12.2. The molecule has 1 rings (SSSR count). The molecule has 132 valence electrons. The van der Waals surface area contributed by atoms with Crippen LogP contribution >= 0.6 is 0 Å². The van der Waals surface area contributed by atoms with E-state index >= 15 is 0 Å². The summed E-state index contributed by atoms with van der Waals surface area (Å²) in [5.74, 6) is -4.44. The van der Waals surface area contributed by atoms with Crippen molar-refractivity contribution in [2.45, 2.75) is 33.1 Å². The minimum Gasteiger partial charge on any atom is -0.481 e. The fourth-order valence-corrected chi connectivity index (χ4v) is 1.05. The second-order valence-corrected chi connectivity index (χ2v) is 3.60. The summed E-state index contributed by atoms with van der Waals surface area (Å²) in [4.78, 5) is 61.6. The standard InChI is InChI=1S/C6H8O5.C5H4O4.CH4O.CH4/c1-11-6(10)3-4(7)2-5(8)9;6-3-1-4(7)9-5(8)2-3;1-2;/h2-3H2,1H3,(H,8,9);1-2H2;2H,1H3;1H4. The lowest BCUT2D eigenvalue weighted by Gasteiger charge is -2.05. The minimum absolute atomic E-state index is 0. The molecule has 0 aliphatic carbocycles. The number of carbonyl (C=O) groups excluding carboxylic acids is 5. The smallest absolute Gasteiger partial charge is 0.320 e. The van der Waals surface area contributed by atoms with Crippen LogP contribution < -0.4 is 0 Å². The maximum atomic E-state index is 10.5.